The predicted molar refractivity (Wildman–Crippen MR) is 103 cm³/mol. The molecule has 0 saturated heterocycles. The van der Waals surface area contributed by atoms with Crippen molar-refractivity contribution in [1.29, 1.82) is 0 Å². The van der Waals surface area contributed by atoms with Gasteiger partial charge in [-0.1, -0.05) is 41.9 Å². The number of nitrogens with zero attached hydrogens (tertiary/aromatic N) is 1. The van der Waals surface area contributed by atoms with Crippen LogP contribution in [0.25, 0.3) is 0 Å². The summed E-state index contributed by atoms with van der Waals surface area (Å²) in [6, 6.07) is 14.0. The van der Waals surface area contributed by atoms with Crippen molar-refractivity contribution in [1.82, 2.24) is 4.31 Å². The summed E-state index contributed by atoms with van der Waals surface area (Å²) < 4.78 is 30.7. The van der Waals surface area contributed by atoms with Crippen molar-refractivity contribution in [2.75, 3.05) is 25.2 Å². The van der Waals surface area contributed by atoms with Gasteiger partial charge in [0.1, 0.15) is 5.75 Å². The van der Waals surface area contributed by atoms with E-state index in [9.17, 15) is 13.2 Å². The monoisotopic (exact) mass is 396 g/mol. The molecule has 2 aromatic rings. The van der Waals surface area contributed by atoms with E-state index in [4.69, 9.17) is 16.3 Å². The fourth-order valence-electron chi connectivity index (χ4n) is 2.39. The third-order valence-corrected chi connectivity index (χ3v) is 5.32. The molecule has 6 nitrogen and oxygen atoms in total. The van der Waals surface area contributed by atoms with Gasteiger partial charge in [-0.15, -0.1) is 0 Å². The highest BCUT2D eigenvalue weighted by atomic mass is 35.5. The number of carbonyl (C=O) groups excluding carboxylic acids is 1. The molecule has 0 heterocycles. The number of hydrogen-bond donors (Lipinski definition) is 1. The molecule has 0 aliphatic heterocycles. The van der Waals surface area contributed by atoms with Gasteiger partial charge in [0.05, 0.1) is 24.1 Å². The summed E-state index contributed by atoms with van der Waals surface area (Å²) in [5.74, 6) is 0.286. The van der Waals surface area contributed by atoms with Crippen LogP contribution in [0.5, 0.6) is 5.75 Å². The maximum atomic E-state index is 12.2. The van der Waals surface area contributed by atoms with Crippen LogP contribution in [0, 0.1) is 0 Å². The number of hydrogen-bond acceptors (Lipinski definition) is 4. The van der Waals surface area contributed by atoms with Crippen LogP contribution >= 0.6 is 11.6 Å². The molecule has 26 heavy (non-hydrogen) atoms. The zero-order chi connectivity index (χ0) is 19.2. The number of rotatable bonds is 8. The van der Waals surface area contributed by atoms with Gasteiger partial charge in [-0.3, -0.25) is 4.79 Å². The van der Waals surface area contributed by atoms with Gasteiger partial charge in [0.25, 0.3) is 0 Å². The lowest BCUT2D eigenvalue weighted by Gasteiger charge is -2.21. The van der Waals surface area contributed by atoms with Crippen molar-refractivity contribution in [2.24, 2.45) is 0 Å². The van der Waals surface area contributed by atoms with E-state index in [2.05, 4.69) is 5.32 Å². The third-order valence-electron chi connectivity index (χ3n) is 3.74. The number of anilines is 1. The molecule has 0 atom stereocenters. The van der Waals surface area contributed by atoms with E-state index in [1.807, 2.05) is 12.1 Å². The summed E-state index contributed by atoms with van der Waals surface area (Å²) >= 11 is 6.01. The molecule has 0 bridgehead atoms. The first-order chi connectivity index (χ1) is 12.3. The fourth-order valence-corrected chi connectivity index (χ4v) is 3.37. The first-order valence-corrected chi connectivity index (χ1v) is 10.2. The van der Waals surface area contributed by atoms with Crippen molar-refractivity contribution in [3.63, 3.8) is 0 Å². The Kier molecular flexibility index (Phi) is 7.02. The van der Waals surface area contributed by atoms with E-state index in [-0.39, 0.29) is 25.4 Å². The quantitative estimate of drug-likeness (QED) is 0.743. The Bertz CT molecular complexity index is 871. The van der Waals surface area contributed by atoms with E-state index in [0.717, 1.165) is 11.8 Å². The molecule has 2 rings (SSSR count). The number of carbonyl (C=O) groups is 1. The summed E-state index contributed by atoms with van der Waals surface area (Å²) in [4.78, 5) is 12.2. The van der Waals surface area contributed by atoms with Crippen LogP contribution in [0.1, 0.15) is 12.0 Å². The minimum absolute atomic E-state index is 0.00738. The Labute approximate surface area is 158 Å². The highest BCUT2D eigenvalue weighted by Crippen LogP contribution is 2.22. The lowest BCUT2D eigenvalue weighted by Crippen LogP contribution is -2.32. The highest BCUT2D eigenvalue weighted by Gasteiger charge is 2.20. The van der Waals surface area contributed by atoms with E-state index in [1.165, 1.54) is 11.4 Å². The molecular weight excluding hydrogens is 376 g/mol. The van der Waals surface area contributed by atoms with Gasteiger partial charge in [0.15, 0.2) is 0 Å². The summed E-state index contributed by atoms with van der Waals surface area (Å²) in [7, 11) is -1.96. The fraction of sp³-hybridized carbons (Fsp3) is 0.278. The van der Waals surface area contributed by atoms with Crippen molar-refractivity contribution >= 4 is 33.2 Å². The molecule has 0 aliphatic rings. The number of nitrogens with one attached hydrogen (secondary N) is 1. The summed E-state index contributed by atoms with van der Waals surface area (Å²) in [6.45, 7) is 0.176. The second kappa shape index (κ2) is 9.02. The number of amides is 1. The minimum Gasteiger partial charge on any atom is -0.496 e. The van der Waals surface area contributed by atoms with E-state index < -0.39 is 10.0 Å². The molecule has 8 heteroatoms. The van der Waals surface area contributed by atoms with Crippen LogP contribution < -0.4 is 10.1 Å². The van der Waals surface area contributed by atoms with Crippen molar-refractivity contribution < 1.29 is 17.9 Å². The second-order valence-electron chi connectivity index (χ2n) is 5.69. The SMILES string of the molecule is COc1ccccc1CN(CCC(=O)Nc1ccccc1Cl)S(C)(=O)=O. The molecule has 0 aromatic heterocycles. The average molecular weight is 397 g/mol. The molecule has 0 radical (unpaired) electrons. The molecule has 140 valence electrons. The molecule has 2 aromatic carbocycles. The standard InChI is InChI=1S/C18H21ClN2O4S/c1-25-17-10-6-3-7-14(17)13-21(26(2,23)24)12-11-18(22)20-16-9-5-4-8-15(16)19/h3-10H,11-13H2,1-2H3,(H,20,22). The average Bonchev–Trinajstić information content (AvgIpc) is 2.60. The van der Waals surface area contributed by atoms with Gasteiger partial charge >= 0.3 is 0 Å². The lowest BCUT2D eigenvalue weighted by atomic mass is 10.2. The Balaban J connectivity index is 2.05. The number of halogens is 1. The van der Waals surface area contributed by atoms with Crippen LogP contribution in [0.4, 0.5) is 5.69 Å². The Hall–Kier alpha value is -2.09. The van der Waals surface area contributed by atoms with Gasteiger partial charge < -0.3 is 10.1 Å². The minimum atomic E-state index is -3.49. The topological polar surface area (TPSA) is 75.7 Å². The number of sulfonamides is 1. The first kappa shape index (κ1) is 20.2. The van der Waals surface area contributed by atoms with Gasteiger partial charge in [-0.25, -0.2) is 8.42 Å². The molecule has 0 unspecified atom stereocenters. The molecule has 1 amide bonds. The number of ether oxygens (including phenoxy) is 1. The van der Waals surface area contributed by atoms with Gasteiger partial charge in [0.2, 0.25) is 15.9 Å². The molecule has 0 aliphatic carbocycles. The van der Waals surface area contributed by atoms with Crippen LogP contribution in [0.15, 0.2) is 48.5 Å². The zero-order valence-corrected chi connectivity index (χ0v) is 16.2. The van der Waals surface area contributed by atoms with E-state index in [1.54, 1.807) is 36.4 Å². The van der Waals surface area contributed by atoms with Crippen molar-refractivity contribution in [3.05, 3.63) is 59.1 Å². The predicted octanol–water partition coefficient (Wildman–Crippen LogP) is 3.14. The van der Waals surface area contributed by atoms with Gasteiger partial charge in [-0.05, 0) is 18.2 Å². The Morgan fingerprint density at radius 1 is 1.15 bits per heavy atom. The van der Waals surface area contributed by atoms with E-state index in [0.29, 0.717) is 16.5 Å². The van der Waals surface area contributed by atoms with Crippen molar-refractivity contribution in [2.45, 2.75) is 13.0 Å². The van der Waals surface area contributed by atoms with E-state index >= 15 is 0 Å². The Morgan fingerprint density at radius 3 is 2.46 bits per heavy atom. The molecule has 0 spiro atoms. The molecule has 0 saturated carbocycles. The van der Waals surface area contributed by atoms with Crippen LogP contribution in [0.2, 0.25) is 5.02 Å². The van der Waals surface area contributed by atoms with Gasteiger partial charge in [-0.2, -0.15) is 4.31 Å². The maximum Gasteiger partial charge on any atom is 0.225 e. The number of benzene rings is 2. The van der Waals surface area contributed by atoms with Crippen molar-refractivity contribution in [3.8, 4) is 5.75 Å². The largest absolute Gasteiger partial charge is 0.496 e. The smallest absolute Gasteiger partial charge is 0.225 e. The molecule has 1 N–H and O–H groups in total. The number of methoxy groups -OCH3 is 1. The molecule has 0 fully saturated rings. The first-order valence-electron chi connectivity index (χ1n) is 7.92. The van der Waals surface area contributed by atoms with Crippen LogP contribution in [0.3, 0.4) is 0 Å². The highest BCUT2D eigenvalue weighted by molar-refractivity contribution is 7.88. The van der Waals surface area contributed by atoms with Gasteiger partial charge in [0, 0.05) is 25.1 Å². The van der Waals surface area contributed by atoms with Crippen LogP contribution in [-0.2, 0) is 21.4 Å². The zero-order valence-electron chi connectivity index (χ0n) is 14.6. The maximum absolute atomic E-state index is 12.2. The normalized spacial score (nSPS) is 11.4. The third kappa shape index (κ3) is 5.72. The van der Waals surface area contributed by atoms with Crippen LogP contribution in [-0.4, -0.2) is 38.5 Å². The summed E-state index contributed by atoms with van der Waals surface area (Å²) in [5.41, 5.74) is 1.22. The summed E-state index contributed by atoms with van der Waals surface area (Å²) in [5, 5.41) is 3.11. The number of para-hydroxylation sites is 2. The molecular formula is C18H21ClN2O4S. The second-order valence-corrected chi connectivity index (χ2v) is 8.08. The Morgan fingerprint density at radius 2 is 1.81 bits per heavy atom. The summed E-state index contributed by atoms with van der Waals surface area (Å²) in [6.07, 6.45) is 1.13. The lowest BCUT2D eigenvalue weighted by molar-refractivity contribution is -0.116.